The van der Waals surface area contributed by atoms with Crippen molar-refractivity contribution < 1.29 is 15.0 Å². The molecule has 3 rings (SSSR count). The molecule has 0 radical (unpaired) electrons. The molecule has 2 aromatic rings. The Morgan fingerprint density at radius 2 is 1.93 bits per heavy atom. The summed E-state index contributed by atoms with van der Waals surface area (Å²) in [6, 6.07) is 6.81. The number of pyridine rings is 1. The number of aromatic nitrogens is 1. The molecular formula is C19H22Cl2N4O3. The van der Waals surface area contributed by atoms with E-state index in [-0.39, 0.29) is 6.03 Å². The maximum absolute atomic E-state index is 12.5. The Balaban J connectivity index is 1.59. The lowest BCUT2D eigenvalue weighted by atomic mass is 10.1. The van der Waals surface area contributed by atoms with E-state index in [0.29, 0.717) is 53.3 Å². The number of amides is 2. The summed E-state index contributed by atoms with van der Waals surface area (Å²) >= 11 is 12.3. The number of rotatable bonds is 4. The molecule has 1 aromatic carbocycles. The second kappa shape index (κ2) is 8.96. The molecule has 1 aromatic heterocycles. The molecule has 1 aliphatic heterocycles. The van der Waals surface area contributed by atoms with Crippen LogP contribution in [0.2, 0.25) is 10.0 Å². The topological polar surface area (TPSA) is 88.9 Å². The summed E-state index contributed by atoms with van der Waals surface area (Å²) in [5, 5.41) is 22.7. The highest BCUT2D eigenvalue weighted by Crippen LogP contribution is 2.27. The van der Waals surface area contributed by atoms with Crippen molar-refractivity contribution in [2.45, 2.75) is 13.0 Å². The Kier molecular flexibility index (Phi) is 6.61. The van der Waals surface area contributed by atoms with Crippen molar-refractivity contribution in [3.05, 3.63) is 51.6 Å². The van der Waals surface area contributed by atoms with Crippen molar-refractivity contribution in [1.82, 2.24) is 9.88 Å². The van der Waals surface area contributed by atoms with Crippen LogP contribution in [0.1, 0.15) is 17.2 Å². The van der Waals surface area contributed by atoms with Crippen molar-refractivity contribution >= 4 is 40.7 Å². The zero-order valence-corrected chi connectivity index (χ0v) is 16.9. The number of aliphatic hydroxyl groups is 2. The van der Waals surface area contributed by atoms with Crippen LogP contribution in [0.4, 0.5) is 16.3 Å². The number of piperazine rings is 1. The van der Waals surface area contributed by atoms with Gasteiger partial charge in [-0.2, -0.15) is 0 Å². The van der Waals surface area contributed by atoms with Crippen LogP contribution in [0.5, 0.6) is 0 Å². The number of carbonyl (C=O) groups excluding carboxylic acids is 1. The third-order valence-corrected chi connectivity index (χ3v) is 5.38. The lowest BCUT2D eigenvalue weighted by Gasteiger charge is -2.35. The number of carbonyl (C=O) groups is 1. The Bertz CT molecular complexity index is 857. The smallest absolute Gasteiger partial charge is 0.321 e. The summed E-state index contributed by atoms with van der Waals surface area (Å²) in [5.74, 6) is 0.601. The zero-order valence-electron chi connectivity index (χ0n) is 15.4. The molecule has 2 heterocycles. The van der Waals surface area contributed by atoms with Gasteiger partial charge >= 0.3 is 6.03 Å². The van der Waals surface area contributed by atoms with E-state index in [1.54, 1.807) is 23.1 Å². The molecule has 1 aliphatic rings. The first-order chi connectivity index (χ1) is 13.4. The number of hydrogen-bond donors (Lipinski definition) is 3. The van der Waals surface area contributed by atoms with Crippen molar-refractivity contribution in [2.75, 3.05) is 43.0 Å². The van der Waals surface area contributed by atoms with E-state index in [0.717, 1.165) is 5.56 Å². The molecule has 7 nitrogen and oxygen atoms in total. The first-order valence-electron chi connectivity index (χ1n) is 8.90. The van der Waals surface area contributed by atoms with Crippen LogP contribution in [0.15, 0.2) is 30.5 Å². The van der Waals surface area contributed by atoms with Gasteiger partial charge in [-0.3, -0.25) is 0 Å². The lowest BCUT2D eigenvalue weighted by molar-refractivity contribution is 0.0953. The monoisotopic (exact) mass is 424 g/mol. The second-order valence-electron chi connectivity index (χ2n) is 6.64. The standard InChI is InChI=1S/C19H22Cl2N4O3/c1-12-8-14(2-3-15(12)20)23-19(28)25-6-4-24(5-7-25)18-16(21)9-13(10-22-18)17(27)11-26/h2-3,8-10,17,26-27H,4-7,11H2,1H3,(H,23,28)/t17-/m1/s1. The molecule has 0 spiro atoms. The highest BCUT2D eigenvalue weighted by atomic mass is 35.5. The number of hydrogen-bond acceptors (Lipinski definition) is 5. The van der Waals surface area contributed by atoms with Gasteiger partial charge < -0.3 is 25.3 Å². The zero-order chi connectivity index (χ0) is 20.3. The van der Waals surface area contributed by atoms with Crippen LogP contribution >= 0.6 is 23.2 Å². The van der Waals surface area contributed by atoms with Gasteiger partial charge in [0.2, 0.25) is 0 Å². The summed E-state index contributed by atoms with van der Waals surface area (Å²) in [6.07, 6.45) is 0.500. The average Bonchev–Trinajstić information content (AvgIpc) is 2.70. The van der Waals surface area contributed by atoms with Gasteiger partial charge in [0.15, 0.2) is 0 Å². The van der Waals surface area contributed by atoms with E-state index in [4.69, 9.17) is 28.3 Å². The molecule has 1 saturated heterocycles. The van der Waals surface area contributed by atoms with E-state index in [9.17, 15) is 9.90 Å². The van der Waals surface area contributed by atoms with Crippen LogP contribution < -0.4 is 10.2 Å². The minimum atomic E-state index is -1.00. The highest BCUT2D eigenvalue weighted by Gasteiger charge is 2.24. The second-order valence-corrected chi connectivity index (χ2v) is 7.46. The summed E-state index contributed by atoms with van der Waals surface area (Å²) < 4.78 is 0. The number of aliphatic hydroxyl groups excluding tert-OH is 2. The molecule has 3 N–H and O–H groups in total. The van der Waals surface area contributed by atoms with E-state index in [1.807, 2.05) is 17.9 Å². The van der Waals surface area contributed by atoms with E-state index >= 15 is 0 Å². The van der Waals surface area contributed by atoms with Gasteiger partial charge in [-0.05, 0) is 36.8 Å². The Hall–Kier alpha value is -2.06. The van der Waals surface area contributed by atoms with Crippen LogP contribution in [-0.4, -0.2) is 58.9 Å². The average molecular weight is 425 g/mol. The molecular weight excluding hydrogens is 403 g/mol. The fraction of sp³-hybridized carbons (Fsp3) is 0.368. The van der Waals surface area contributed by atoms with Gasteiger partial charge in [-0.25, -0.2) is 9.78 Å². The van der Waals surface area contributed by atoms with Gasteiger partial charge in [-0.15, -0.1) is 0 Å². The predicted octanol–water partition coefficient (Wildman–Crippen LogP) is 3.08. The molecule has 2 amide bonds. The molecule has 1 atom stereocenters. The van der Waals surface area contributed by atoms with Crippen LogP contribution in [0.25, 0.3) is 0 Å². The van der Waals surface area contributed by atoms with Crippen molar-refractivity contribution in [2.24, 2.45) is 0 Å². The Morgan fingerprint density at radius 1 is 1.21 bits per heavy atom. The first kappa shape index (κ1) is 20.7. The van der Waals surface area contributed by atoms with Crippen LogP contribution in [-0.2, 0) is 0 Å². The number of urea groups is 1. The maximum atomic E-state index is 12.5. The van der Waals surface area contributed by atoms with E-state index in [2.05, 4.69) is 10.3 Å². The predicted molar refractivity (Wildman–Crippen MR) is 110 cm³/mol. The number of halogens is 2. The summed E-state index contributed by atoms with van der Waals surface area (Å²) in [5.41, 5.74) is 2.07. The molecule has 9 heteroatoms. The quantitative estimate of drug-likeness (QED) is 0.701. The molecule has 1 fully saturated rings. The summed E-state index contributed by atoms with van der Waals surface area (Å²) in [4.78, 5) is 20.5. The van der Waals surface area contributed by atoms with Gasteiger partial charge in [0.05, 0.1) is 11.6 Å². The normalized spacial score (nSPS) is 15.5. The van der Waals surface area contributed by atoms with E-state index < -0.39 is 12.7 Å². The molecule has 28 heavy (non-hydrogen) atoms. The SMILES string of the molecule is Cc1cc(NC(=O)N2CCN(c3ncc([C@H](O)CO)cc3Cl)CC2)ccc1Cl. The Labute approximate surface area is 173 Å². The van der Waals surface area contributed by atoms with Crippen molar-refractivity contribution in [3.8, 4) is 0 Å². The number of nitrogens with zero attached hydrogens (tertiary/aromatic N) is 3. The largest absolute Gasteiger partial charge is 0.393 e. The molecule has 150 valence electrons. The number of anilines is 2. The fourth-order valence-corrected chi connectivity index (χ4v) is 3.42. The van der Waals surface area contributed by atoms with Gasteiger partial charge in [0.1, 0.15) is 11.9 Å². The summed E-state index contributed by atoms with van der Waals surface area (Å²) in [7, 11) is 0. The molecule has 0 aliphatic carbocycles. The Morgan fingerprint density at radius 3 is 2.54 bits per heavy atom. The van der Waals surface area contributed by atoms with Gasteiger partial charge in [0.25, 0.3) is 0 Å². The van der Waals surface area contributed by atoms with Crippen molar-refractivity contribution in [3.63, 3.8) is 0 Å². The molecule has 0 saturated carbocycles. The first-order valence-corrected chi connectivity index (χ1v) is 9.66. The maximum Gasteiger partial charge on any atom is 0.321 e. The van der Waals surface area contributed by atoms with E-state index in [1.165, 1.54) is 6.20 Å². The van der Waals surface area contributed by atoms with Gasteiger partial charge in [-0.1, -0.05) is 23.2 Å². The molecule has 0 bridgehead atoms. The minimum Gasteiger partial charge on any atom is -0.393 e. The highest BCUT2D eigenvalue weighted by molar-refractivity contribution is 6.33. The minimum absolute atomic E-state index is 0.165. The van der Waals surface area contributed by atoms with Crippen LogP contribution in [0.3, 0.4) is 0 Å². The lowest BCUT2D eigenvalue weighted by Crippen LogP contribution is -2.50. The van der Waals surface area contributed by atoms with Gasteiger partial charge in [0, 0.05) is 48.6 Å². The summed E-state index contributed by atoms with van der Waals surface area (Å²) in [6.45, 7) is 3.72. The number of benzene rings is 1. The van der Waals surface area contributed by atoms with Crippen LogP contribution in [0, 0.1) is 6.92 Å². The van der Waals surface area contributed by atoms with Crippen molar-refractivity contribution in [1.29, 1.82) is 0 Å². The number of aryl methyl sites for hydroxylation is 1. The molecule has 0 unspecified atom stereocenters. The third kappa shape index (κ3) is 4.67. The number of nitrogens with one attached hydrogen (secondary N) is 1. The fourth-order valence-electron chi connectivity index (χ4n) is 3.01. The third-order valence-electron chi connectivity index (χ3n) is 4.68.